The molecule has 1 aliphatic rings. The molecule has 1 N–H and O–H groups in total. The predicted molar refractivity (Wildman–Crippen MR) is 78.0 cm³/mol. The van der Waals surface area contributed by atoms with Gasteiger partial charge in [0.15, 0.2) is 0 Å². The molecule has 1 aromatic rings. The third-order valence-corrected chi connectivity index (χ3v) is 5.59. The van der Waals surface area contributed by atoms with Gasteiger partial charge in [-0.15, -0.1) is 11.3 Å². The highest BCUT2D eigenvalue weighted by Gasteiger charge is 2.28. The van der Waals surface area contributed by atoms with E-state index in [4.69, 9.17) is 0 Å². The Morgan fingerprint density at radius 2 is 2.20 bits per heavy atom. The van der Waals surface area contributed by atoms with Gasteiger partial charge in [0.2, 0.25) is 15.9 Å². The molecule has 1 amide bonds. The van der Waals surface area contributed by atoms with Crippen molar-refractivity contribution < 1.29 is 13.2 Å². The van der Waals surface area contributed by atoms with Crippen LogP contribution in [0.25, 0.3) is 0 Å². The molecular formula is C12H19N3O3S2. The molecule has 1 saturated heterocycles. The van der Waals surface area contributed by atoms with Gasteiger partial charge in [0.25, 0.3) is 0 Å². The summed E-state index contributed by atoms with van der Waals surface area (Å²) in [5.41, 5.74) is 1.78. The SMILES string of the molecule is CS(=O)(=O)N1CCC(C(=O)NCCc2cncs2)CC1. The molecule has 0 saturated carbocycles. The molecular weight excluding hydrogens is 298 g/mol. The topological polar surface area (TPSA) is 79.4 Å². The lowest BCUT2D eigenvalue weighted by molar-refractivity contribution is -0.126. The number of hydrogen-bond acceptors (Lipinski definition) is 5. The molecule has 0 aromatic carbocycles. The van der Waals surface area contributed by atoms with E-state index in [9.17, 15) is 13.2 Å². The number of carbonyl (C=O) groups is 1. The Balaban J connectivity index is 1.72. The standard InChI is InChI=1S/C12H19N3O3S2/c1-20(17,18)15-6-3-10(4-7-15)12(16)14-5-2-11-8-13-9-19-11/h8-10H,2-7H2,1H3,(H,14,16). The van der Waals surface area contributed by atoms with E-state index >= 15 is 0 Å². The Morgan fingerprint density at radius 3 is 2.75 bits per heavy atom. The summed E-state index contributed by atoms with van der Waals surface area (Å²) in [5, 5.41) is 2.92. The molecule has 1 fully saturated rings. The summed E-state index contributed by atoms with van der Waals surface area (Å²) >= 11 is 1.58. The fraction of sp³-hybridized carbons (Fsp3) is 0.667. The predicted octanol–water partition coefficient (Wildman–Crippen LogP) is 0.473. The largest absolute Gasteiger partial charge is 0.355 e. The van der Waals surface area contributed by atoms with Gasteiger partial charge in [0.05, 0.1) is 11.8 Å². The molecule has 112 valence electrons. The van der Waals surface area contributed by atoms with Crippen molar-refractivity contribution >= 4 is 27.3 Å². The van der Waals surface area contributed by atoms with Crippen LogP contribution in [0.2, 0.25) is 0 Å². The second-order valence-corrected chi connectivity index (χ2v) is 7.90. The minimum absolute atomic E-state index is 0.0302. The van der Waals surface area contributed by atoms with Gasteiger partial charge in [0, 0.05) is 43.0 Å². The van der Waals surface area contributed by atoms with E-state index in [1.54, 1.807) is 23.0 Å². The highest BCUT2D eigenvalue weighted by molar-refractivity contribution is 7.88. The molecule has 20 heavy (non-hydrogen) atoms. The van der Waals surface area contributed by atoms with Crippen LogP contribution in [0.3, 0.4) is 0 Å². The molecule has 1 aliphatic heterocycles. The van der Waals surface area contributed by atoms with E-state index in [0.29, 0.717) is 32.5 Å². The molecule has 0 radical (unpaired) electrons. The van der Waals surface area contributed by atoms with Crippen LogP contribution in [0.1, 0.15) is 17.7 Å². The average Bonchev–Trinajstić information content (AvgIpc) is 2.91. The summed E-state index contributed by atoms with van der Waals surface area (Å²) in [4.78, 5) is 17.1. The maximum absolute atomic E-state index is 12.0. The summed E-state index contributed by atoms with van der Waals surface area (Å²) < 4.78 is 24.2. The Bertz CT molecular complexity index is 534. The Labute approximate surface area is 123 Å². The van der Waals surface area contributed by atoms with E-state index in [2.05, 4.69) is 10.3 Å². The Hall–Kier alpha value is -0.990. The average molecular weight is 317 g/mol. The van der Waals surface area contributed by atoms with Gasteiger partial charge in [-0.3, -0.25) is 9.78 Å². The second-order valence-electron chi connectivity index (χ2n) is 4.95. The van der Waals surface area contributed by atoms with Crippen molar-refractivity contribution in [2.24, 2.45) is 5.92 Å². The normalized spacial score (nSPS) is 18.1. The fourth-order valence-corrected chi connectivity index (χ4v) is 3.74. The lowest BCUT2D eigenvalue weighted by Crippen LogP contribution is -2.42. The zero-order valence-corrected chi connectivity index (χ0v) is 13.0. The van der Waals surface area contributed by atoms with Crippen molar-refractivity contribution in [3.05, 3.63) is 16.6 Å². The van der Waals surface area contributed by atoms with Gasteiger partial charge in [-0.1, -0.05) is 0 Å². The van der Waals surface area contributed by atoms with Crippen LogP contribution in [0.4, 0.5) is 0 Å². The number of thiazole rings is 1. The van der Waals surface area contributed by atoms with E-state index < -0.39 is 10.0 Å². The molecule has 8 heteroatoms. The number of sulfonamides is 1. The lowest BCUT2D eigenvalue weighted by Gasteiger charge is -2.29. The zero-order valence-electron chi connectivity index (χ0n) is 11.4. The minimum atomic E-state index is -3.13. The Kier molecular flexibility index (Phi) is 5.11. The second kappa shape index (κ2) is 6.64. The summed E-state index contributed by atoms with van der Waals surface area (Å²) in [6.07, 6.45) is 5.00. The van der Waals surface area contributed by atoms with Crippen LogP contribution in [-0.2, 0) is 21.2 Å². The van der Waals surface area contributed by atoms with Crippen LogP contribution in [0, 0.1) is 5.92 Å². The molecule has 6 nitrogen and oxygen atoms in total. The van der Waals surface area contributed by atoms with Crippen molar-refractivity contribution in [1.82, 2.24) is 14.6 Å². The number of carbonyl (C=O) groups excluding carboxylic acids is 1. The van der Waals surface area contributed by atoms with Crippen molar-refractivity contribution in [2.45, 2.75) is 19.3 Å². The van der Waals surface area contributed by atoms with Crippen LogP contribution >= 0.6 is 11.3 Å². The van der Waals surface area contributed by atoms with Gasteiger partial charge < -0.3 is 5.32 Å². The molecule has 2 heterocycles. The molecule has 0 aliphatic carbocycles. The van der Waals surface area contributed by atoms with Crippen molar-refractivity contribution in [1.29, 1.82) is 0 Å². The third kappa shape index (κ3) is 4.26. The summed E-state index contributed by atoms with van der Waals surface area (Å²) in [6.45, 7) is 1.48. The molecule has 2 rings (SSSR count). The van der Waals surface area contributed by atoms with E-state index in [1.807, 2.05) is 0 Å². The van der Waals surface area contributed by atoms with E-state index in [-0.39, 0.29) is 11.8 Å². The highest BCUT2D eigenvalue weighted by atomic mass is 32.2. The van der Waals surface area contributed by atoms with Gasteiger partial charge >= 0.3 is 0 Å². The van der Waals surface area contributed by atoms with Crippen molar-refractivity contribution in [3.63, 3.8) is 0 Å². The van der Waals surface area contributed by atoms with E-state index in [1.165, 1.54) is 10.6 Å². The zero-order chi connectivity index (χ0) is 14.6. The summed E-state index contributed by atoms with van der Waals surface area (Å²) in [6, 6.07) is 0. The van der Waals surface area contributed by atoms with Crippen LogP contribution in [-0.4, -0.2) is 49.5 Å². The number of amides is 1. The van der Waals surface area contributed by atoms with E-state index in [0.717, 1.165) is 11.3 Å². The van der Waals surface area contributed by atoms with Crippen LogP contribution in [0.15, 0.2) is 11.7 Å². The lowest BCUT2D eigenvalue weighted by atomic mass is 9.97. The number of nitrogens with zero attached hydrogens (tertiary/aromatic N) is 2. The number of piperidine rings is 1. The molecule has 1 aromatic heterocycles. The van der Waals surface area contributed by atoms with Gasteiger partial charge in [-0.25, -0.2) is 12.7 Å². The molecule has 0 unspecified atom stereocenters. The minimum Gasteiger partial charge on any atom is -0.355 e. The Morgan fingerprint density at radius 1 is 1.50 bits per heavy atom. The number of rotatable bonds is 5. The number of hydrogen-bond donors (Lipinski definition) is 1. The number of aromatic nitrogens is 1. The maximum Gasteiger partial charge on any atom is 0.223 e. The maximum atomic E-state index is 12.0. The van der Waals surface area contributed by atoms with Crippen LogP contribution < -0.4 is 5.32 Å². The fourth-order valence-electron chi connectivity index (χ4n) is 2.27. The van der Waals surface area contributed by atoms with Gasteiger partial charge in [-0.05, 0) is 12.8 Å². The summed E-state index contributed by atoms with van der Waals surface area (Å²) in [5.74, 6) is -0.0443. The molecule has 0 spiro atoms. The van der Waals surface area contributed by atoms with Gasteiger partial charge in [0.1, 0.15) is 0 Å². The smallest absolute Gasteiger partial charge is 0.223 e. The van der Waals surface area contributed by atoms with Crippen molar-refractivity contribution in [3.8, 4) is 0 Å². The first kappa shape index (κ1) is 15.4. The monoisotopic (exact) mass is 317 g/mol. The quantitative estimate of drug-likeness (QED) is 0.856. The molecule has 0 bridgehead atoms. The number of nitrogens with one attached hydrogen (secondary N) is 1. The van der Waals surface area contributed by atoms with Crippen molar-refractivity contribution in [2.75, 3.05) is 25.9 Å². The first-order chi connectivity index (χ1) is 9.47. The first-order valence-electron chi connectivity index (χ1n) is 6.57. The first-order valence-corrected chi connectivity index (χ1v) is 9.30. The van der Waals surface area contributed by atoms with Crippen LogP contribution in [0.5, 0.6) is 0 Å². The highest BCUT2D eigenvalue weighted by Crippen LogP contribution is 2.19. The van der Waals surface area contributed by atoms with Gasteiger partial charge in [-0.2, -0.15) is 0 Å². The molecule has 0 atom stereocenters. The summed E-state index contributed by atoms with van der Waals surface area (Å²) in [7, 11) is -3.13. The third-order valence-electron chi connectivity index (χ3n) is 3.45.